The Labute approximate surface area is 390 Å². The summed E-state index contributed by atoms with van der Waals surface area (Å²) in [6, 6.07) is 26.9. The molecule has 69 heavy (non-hydrogen) atoms. The maximum absolute atomic E-state index is 13.4. The van der Waals surface area contributed by atoms with Gasteiger partial charge in [0.15, 0.2) is 0 Å². The van der Waals surface area contributed by atoms with E-state index in [1.165, 1.54) is 91.9 Å². The van der Waals surface area contributed by atoms with Crippen LogP contribution in [0.4, 0.5) is 22.7 Å². The molecule has 19 nitrogen and oxygen atoms in total. The maximum Gasteiger partial charge on any atom is 0.339 e. The minimum Gasteiger partial charge on any atom is -0.478 e. The van der Waals surface area contributed by atoms with Gasteiger partial charge < -0.3 is 51.6 Å². The Bertz CT molecular complexity index is 3130. The number of aromatic carboxylic acids is 4. The Hall–Kier alpha value is -9.91. The third kappa shape index (κ3) is 11.7. The molecule has 0 atom stereocenters. The van der Waals surface area contributed by atoms with Crippen LogP contribution in [0.25, 0.3) is 22.3 Å². The van der Waals surface area contributed by atoms with E-state index in [0.29, 0.717) is 11.4 Å². The molecule has 0 aliphatic rings. The van der Waals surface area contributed by atoms with E-state index in [2.05, 4.69) is 22.5 Å². The fourth-order valence-corrected chi connectivity index (χ4v) is 6.64. The second kappa shape index (κ2) is 20.9. The second-order valence-electron chi connectivity index (χ2n) is 14.9. The molecule has 348 valence electrons. The first-order chi connectivity index (χ1) is 32.8. The molecule has 0 heterocycles. The summed E-state index contributed by atoms with van der Waals surface area (Å²) in [6.45, 7) is 4.20. The largest absolute Gasteiger partial charge is 0.478 e. The number of carbonyl (C=O) groups is 9. The highest BCUT2D eigenvalue weighted by Gasteiger charge is 2.24. The van der Waals surface area contributed by atoms with Gasteiger partial charge in [0, 0.05) is 28.3 Å². The Morgan fingerprint density at radius 3 is 1.04 bits per heavy atom. The number of benzene rings is 6. The van der Waals surface area contributed by atoms with Gasteiger partial charge in [-0.05, 0) is 126 Å². The molecule has 0 spiro atoms. The maximum atomic E-state index is 13.4. The van der Waals surface area contributed by atoms with E-state index < -0.39 is 70.2 Å². The van der Waals surface area contributed by atoms with E-state index in [4.69, 9.17) is 15.2 Å². The van der Waals surface area contributed by atoms with Gasteiger partial charge in [-0.1, -0.05) is 30.8 Å². The summed E-state index contributed by atoms with van der Waals surface area (Å²) in [5, 5.41) is 47.6. The van der Waals surface area contributed by atoms with E-state index >= 15 is 0 Å². The molecule has 0 saturated heterocycles. The number of nitrogens with two attached hydrogens (primary N) is 1. The molecule has 0 saturated carbocycles. The topological polar surface area (TPSA) is 315 Å². The summed E-state index contributed by atoms with van der Waals surface area (Å²) < 4.78 is 9.90. The molecular weight excluding hydrogens is 897 g/mol. The van der Waals surface area contributed by atoms with Crippen molar-refractivity contribution in [2.45, 2.75) is 6.92 Å². The Balaban J connectivity index is 1.13. The number of carboxylic acid groups (broad SMARTS) is 4. The fourth-order valence-electron chi connectivity index (χ4n) is 6.64. The van der Waals surface area contributed by atoms with E-state index in [9.17, 15) is 63.6 Å². The van der Waals surface area contributed by atoms with Crippen LogP contribution >= 0.6 is 0 Å². The van der Waals surface area contributed by atoms with Crippen molar-refractivity contribution in [1.29, 1.82) is 0 Å². The number of nitrogen functional groups attached to an aromatic ring is 1. The predicted molar refractivity (Wildman–Crippen MR) is 249 cm³/mol. The number of carbonyl (C=O) groups excluding carboxylic acids is 5. The molecule has 0 bridgehead atoms. The molecule has 0 fully saturated rings. The lowest BCUT2D eigenvalue weighted by Crippen LogP contribution is -2.18. The molecule has 6 aromatic carbocycles. The molecule has 0 aliphatic heterocycles. The highest BCUT2D eigenvalue weighted by Crippen LogP contribution is 2.29. The van der Waals surface area contributed by atoms with Crippen LogP contribution in [0.2, 0.25) is 0 Å². The zero-order chi connectivity index (χ0) is 50.1. The lowest BCUT2D eigenvalue weighted by atomic mass is 9.95. The molecule has 0 aliphatic carbocycles. The van der Waals surface area contributed by atoms with Gasteiger partial charge in [0.25, 0.3) is 17.7 Å². The first-order valence-electron chi connectivity index (χ1n) is 20.2. The Kier molecular flexibility index (Phi) is 14.7. The lowest BCUT2D eigenvalue weighted by molar-refractivity contribution is -0.140. The molecule has 3 amide bonds. The molecule has 6 rings (SSSR count). The number of amides is 3. The van der Waals surface area contributed by atoms with E-state index in [-0.39, 0.29) is 80.2 Å². The minimum atomic E-state index is -1.49. The standard InChI is InChI=1S/C50H38N4O15/c1-25(2)49(66)68-19-20-69-50(67)37-18-6-29(24-41(37)48(64)65)28-5-17-36(40(23-28)47(62)63)44(57)54-33-13-11-32(12-14-33)53-43(56)35-16-4-27(22-39(35)46(60)61)26-3-15-34(38(21-26)45(58)59)42(55)52-31-9-7-30(51)8-10-31/h3-18,21-24H,1,19-20,51H2,2H3,(H,52,55)(H,53,56)(H,54,57)(H,58,59)(H,60,61)(H,62,63)(H,64,65). The van der Waals surface area contributed by atoms with Crippen molar-refractivity contribution in [3.8, 4) is 22.3 Å². The highest BCUT2D eigenvalue weighted by molar-refractivity contribution is 6.14. The van der Waals surface area contributed by atoms with Crippen LogP contribution in [-0.4, -0.2) is 87.2 Å². The highest BCUT2D eigenvalue weighted by atomic mass is 16.6. The van der Waals surface area contributed by atoms with Crippen LogP contribution in [0.3, 0.4) is 0 Å². The van der Waals surface area contributed by atoms with Gasteiger partial charge in [-0.15, -0.1) is 0 Å². The van der Waals surface area contributed by atoms with Crippen LogP contribution in [-0.2, 0) is 14.3 Å². The SMILES string of the molecule is C=C(C)C(=O)OCCOC(=O)c1ccc(-c2ccc(C(=O)Nc3ccc(NC(=O)c4ccc(-c5ccc(C(=O)Nc6ccc(N)cc6)c(C(=O)O)c5)cc4C(=O)O)cc3)c(C(=O)O)c2)cc1C(=O)O. The average molecular weight is 935 g/mol. The summed E-state index contributed by atoms with van der Waals surface area (Å²) in [7, 11) is 0. The van der Waals surface area contributed by atoms with Gasteiger partial charge in [0.2, 0.25) is 0 Å². The number of hydrogen-bond donors (Lipinski definition) is 8. The number of nitrogens with one attached hydrogen (secondary N) is 3. The van der Waals surface area contributed by atoms with Crippen LogP contribution in [0.15, 0.2) is 133 Å². The van der Waals surface area contributed by atoms with Crippen LogP contribution in [0.1, 0.15) is 89.8 Å². The molecular formula is C50H38N4O15. The van der Waals surface area contributed by atoms with Crippen molar-refractivity contribution in [3.63, 3.8) is 0 Å². The zero-order valence-electron chi connectivity index (χ0n) is 36.0. The Morgan fingerprint density at radius 2 is 0.725 bits per heavy atom. The van der Waals surface area contributed by atoms with Crippen LogP contribution in [0.5, 0.6) is 0 Å². The molecule has 0 unspecified atom stereocenters. The lowest BCUT2D eigenvalue weighted by Gasteiger charge is -2.13. The smallest absolute Gasteiger partial charge is 0.339 e. The molecule has 19 heteroatoms. The van der Waals surface area contributed by atoms with E-state index in [1.807, 2.05) is 0 Å². The van der Waals surface area contributed by atoms with Crippen molar-refractivity contribution in [2.75, 3.05) is 34.9 Å². The monoisotopic (exact) mass is 934 g/mol. The number of anilines is 4. The zero-order valence-corrected chi connectivity index (χ0v) is 36.0. The molecule has 9 N–H and O–H groups in total. The summed E-state index contributed by atoms with van der Waals surface area (Å²) >= 11 is 0. The van der Waals surface area contributed by atoms with Gasteiger partial charge in [-0.3, -0.25) is 14.4 Å². The Morgan fingerprint density at radius 1 is 0.435 bits per heavy atom. The van der Waals surface area contributed by atoms with Gasteiger partial charge >= 0.3 is 35.8 Å². The van der Waals surface area contributed by atoms with Gasteiger partial charge in [-0.2, -0.15) is 0 Å². The van der Waals surface area contributed by atoms with Crippen LogP contribution in [0, 0.1) is 0 Å². The summed E-state index contributed by atoms with van der Waals surface area (Å²) in [5.74, 6) is -9.95. The van der Waals surface area contributed by atoms with E-state index in [1.54, 1.807) is 24.3 Å². The first-order valence-corrected chi connectivity index (χ1v) is 20.2. The predicted octanol–water partition coefficient (Wildman–Crippen LogP) is 7.43. The van der Waals surface area contributed by atoms with Crippen LogP contribution < -0.4 is 21.7 Å². The number of carboxylic acids is 4. The van der Waals surface area contributed by atoms with Crippen molar-refractivity contribution >= 4 is 76.3 Å². The van der Waals surface area contributed by atoms with Crippen molar-refractivity contribution in [2.24, 2.45) is 0 Å². The number of ether oxygens (including phenoxy) is 2. The van der Waals surface area contributed by atoms with Crippen molar-refractivity contribution in [3.05, 3.63) is 178 Å². The molecule has 6 aromatic rings. The normalized spacial score (nSPS) is 10.5. The summed E-state index contributed by atoms with van der Waals surface area (Å²) in [6.07, 6.45) is 0. The second-order valence-corrected chi connectivity index (χ2v) is 14.9. The fraction of sp³-hybridized carbons (Fsp3) is 0.0600. The number of rotatable bonds is 17. The summed E-state index contributed by atoms with van der Waals surface area (Å²) in [4.78, 5) is 113. The third-order valence-corrected chi connectivity index (χ3v) is 10.1. The molecule has 0 aromatic heterocycles. The first kappa shape index (κ1) is 48.5. The van der Waals surface area contributed by atoms with Gasteiger partial charge in [0.1, 0.15) is 13.2 Å². The number of hydrogen-bond acceptors (Lipinski definition) is 12. The van der Waals surface area contributed by atoms with Gasteiger partial charge in [-0.25, -0.2) is 28.8 Å². The minimum absolute atomic E-state index is 0.133. The summed E-state index contributed by atoms with van der Waals surface area (Å²) in [5.41, 5.74) is 5.16. The van der Waals surface area contributed by atoms with Crippen molar-refractivity contribution < 1.29 is 73.1 Å². The number of esters is 2. The third-order valence-electron chi connectivity index (χ3n) is 10.1. The van der Waals surface area contributed by atoms with Gasteiger partial charge in [0.05, 0.1) is 44.5 Å². The quantitative estimate of drug-likeness (QED) is 0.0191. The van der Waals surface area contributed by atoms with Crippen molar-refractivity contribution in [1.82, 2.24) is 0 Å². The molecule has 0 radical (unpaired) electrons. The van der Waals surface area contributed by atoms with E-state index in [0.717, 1.165) is 12.1 Å². The average Bonchev–Trinajstić information content (AvgIpc) is 3.33.